The minimum Gasteiger partial charge on any atom is -0.756 e. The van der Waals surface area contributed by atoms with Crippen LogP contribution in [0.1, 0.15) is 142 Å². The topological polar surface area (TPSA) is 108 Å². The molecule has 0 aromatic carbocycles. The predicted octanol–water partition coefficient (Wildman–Crippen LogP) is 14.1. The lowest BCUT2D eigenvalue weighted by Gasteiger charge is -2.29. The highest BCUT2D eigenvalue weighted by Crippen LogP contribution is 2.38. The molecule has 0 saturated carbocycles. The van der Waals surface area contributed by atoms with Gasteiger partial charge >= 0.3 is 0 Å². The number of hydrogen-bond acceptors (Lipinski definition) is 6. The Balaban J connectivity index is 4.24. The molecular formula is C57H91N2O6P. The summed E-state index contributed by atoms with van der Waals surface area (Å²) in [5.41, 5.74) is 0. The van der Waals surface area contributed by atoms with Crippen molar-refractivity contribution < 1.29 is 32.9 Å². The number of phosphoric ester groups is 1. The van der Waals surface area contributed by atoms with Gasteiger partial charge in [0.25, 0.3) is 7.82 Å². The maximum atomic E-state index is 12.8. The average molecular weight is 931 g/mol. The van der Waals surface area contributed by atoms with Crippen molar-refractivity contribution in [2.45, 2.75) is 154 Å². The van der Waals surface area contributed by atoms with Crippen molar-refractivity contribution in [3.63, 3.8) is 0 Å². The van der Waals surface area contributed by atoms with Crippen molar-refractivity contribution in [2.24, 2.45) is 0 Å². The van der Waals surface area contributed by atoms with Crippen LogP contribution in [-0.4, -0.2) is 68.5 Å². The van der Waals surface area contributed by atoms with Gasteiger partial charge in [-0.3, -0.25) is 9.36 Å². The van der Waals surface area contributed by atoms with Crippen LogP contribution in [0.5, 0.6) is 0 Å². The summed E-state index contributed by atoms with van der Waals surface area (Å²) in [6.07, 6.45) is 73.4. The number of nitrogens with zero attached hydrogens (tertiary/aromatic N) is 1. The van der Waals surface area contributed by atoms with Crippen molar-refractivity contribution in [1.29, 1.82) is 0 Å². The number of carbonyl (C=O) groups is 1. The zero-order chi connectivity index (χ0) is 48.5. The van der Waals surface area contributed by atoms with Gasteiger partial charge in [0.1, 0.15) is 13.2 Å². The Kier molecular flexibility index (Phi) is 43.5. The van der Waals surface area contributed by atoms with Gasteiger partial charge in [-0.2, -0.15) is 0 Å². The van der Waals surface area contributed by atoms with Crippen molar-refractivity contribution in [1.82, 2.24) is 5.32 Å². The molecule has 370 valence electrons. The molecule has 0 aromatic rings. The van der Waals surface area contributed by atoms with E-state index in [1.807, 2.05) is 40.2 Å². The average Bonchev–Trinajstić information content (AvgIpc) is 3.28. The molecule has 0 aromatic heterocycles. The predicted molar refractivity (Wildman–Crippen MR) is 283 cm³/mol. The standard InChI is InChI=1S/C57H91N2O6P/c1-6-8-10-12-14-16-17-18-19-20-21-22-23-24-25-26-27-28-29-30-31-32-33-34-35-36-37-38-39-40-41-43-45-47-49-51-57(61)58-55(54-65-66(62,63)64-53-52-59(3,4)5)56(60)50-48-46-44-42-15-13-11-9-7-2/h7-10,14-16,18-19,21-22,24-25,27-28,30-31,33-34,36-37,39-40,42,48,50,55-56,60H,6,11-13,17,20,23,26,29,32,35,38,41,43-47,49,51-54H2,1-5H3,(H-,58,61,62,63)/b9-7+,10-8-,16-14-,19-18-,22-21-,25-24-,28-27-,31-30-,34-33-,37-36-,40-39-,42-15+,50-48+. The fourth-order valence-electron chi connectivity index (χ4n) is 5.92. The molecular weight excluding hydrogens is 840 g/mol. The molecule has 1 amide bonds. The van der Waals surface area contributed by atoms with Crippen LogP contribution in [0.4, 0.5) is 0 Å². The number of likely N-dealkylation sites (N-methyl/N-ethyl adjacent to an activating group) is 1. The minimum absolute atomic E-state index is 0.0243. The number of aliphatic hydroxyl groups excluding tert-OH is 1. The van der Waals surface area contributed by atoms with E-state index in [9.17, 15) is 19.4 Å². The first kappa shape index (κ1) is 62.1. The summed E-state index contributed by atoms with van der Waals surface area (Å²) in [6.45, 7) is 4.20. The number of quaternary nitrogens is 1. The first-order valence-corrected chi connectivity index (χ1v) is 26.3. The second-order valence-electron chi connectivity index (χ2n) is 17.1. The number of aliphatic hydroxyl groups is 1. The van der Waals surface area contributed by atoms with Crippen LogP contribution in [0.25, 0.3) is 0 Å². The van der Waals surface area contributed by atoms with E-state index >= 15 is 0 Å². The number of hydrogen-bond donors (Lipinski definition) is 2. The molecule has 8 nitrogen and oxygen atoms in total. The summed E-state index contributed by atoms with van der Waals surface area (Å²) in [7, 11) is 1.18. The van der Waals surface area contributed by atoms with E-state index in [4.69, 9.17) is 9.05 Å². The normalized spacial score (nSPS) is 15.4. The molecule has 0 bridgehead atoms. The van der Waals surface area contributed by atoms with E-state index in [0.717, 1.165) is 109 Å². The lowest BCUT2D eigenvalue weighted by molar-refractivity contribution is -0.870. The van der Waals surface area contributed by atoms with Crippen LogP contribution < -0.4 is 10.2 Å². The van der Waals surface area contributed by atoms with E-state index in [-0.39, 0.29) is 18.9 Å². The number of unbranched alkanes of at least 4 members (excludes halogenated alkanes) is 6. The molecule has 66 heavy (non-hydrogen) atoms. The number of phosphoric acid groups is 1. The second kappa shape index (κ2) is 46.2. The van der Waals surface area contributed by atoms with E-state index < -0.39 is 26.6 Å². The minimum atomic E-state index is -4.61. The fraction of sp³-hybridized carbons (Fsp3) is 0.526. The lowest BCUT2D eigenvalue weighted by Crippen LogP contribution is -2.45. The molecule has 0 radical (unpaired) electrons. The van der Waals surface area contributed by atoms with Gasteiger partial charge in [0.05, 0.1) is 39.9 Å². The summed E-state index contributed by atoms with van der Waals surface area (Å²) in [4.78, 5) is 25.3. The summed E-state index contributed by atoms with van der Waals surface area (Å²) in [6, 6.07) is -0.933. The first-order valence-electron chi connectivity index (χ1n) is 24.8. The van der Waals surface area contributed by atoms with Gasteiger partial charge in [-0.25, -0.2) is 0 Å². The van der Waals surface area contributed by atoms with Gasteiger partial charge in [0.2, 0.25) is 5.91 Å². The zero-order valence-electron chi connectivity index (χ0n) is 41.8. The number of allylic oxidation sites excluding steroid dienone is 25. The smallest absolute Gasteiger partial charge is 0.268 e. The van der Waals surface area contributed by atoms with Crippen LogP contribution in [0.3, 0.4) is 0 Å². The molecule has 0 heterocycles. The fourth-order valence-corrected chi connectivity index (χ4v) is 6.64. The first-order chi connectivity index (χ1) is 32.0. The van der Waals surface area contributed by atoms with E-state index in [1.165, 1.54) is 0 Å². The van der Waals surface area contributed by atoms with Crippen LogP contribution in [-0.2, 0) is 18.4 Å². The van der Waals surface area contributed by atoms with Crippen LogP contribution in [0.15, 0.2) is 158 Å². The Bertz CT molecular complexity index is 1620. The second-order valence-corrected chi connectivity index (χ2v) is 18.5. The van der Waals surface area contributed by atoms with Crippen molar-refractivity contribution >= 4 is 13.7 Å². The highest BCUT2D eigenvalue weighted by atomic mass is 31.2. The van der Waals surface area contributed by atoms with Gasteiger partial charge < -0.3 is 28.8 Å². The summed E-state index contributed by atoms with van der Waals surface area (Å²) >= 11 is 0. The highest BCUT2D eigenvalue weighted by molar-refractivity contribution is 7.45. The van der Waals surface area contributed by atoms with Gasteiger partial charge in [-0.05, 0) is 116 Å². The largest absolute Gasteiger partial charge is 0.756 e. The Morgan fingerprint density at radius 1 is 0.561 bits per heavy atom. The van der Waals surface area contributed by atoms with Crippen LogP contribution in [0, 0.1) is 0 Å². The molecule has 3 unspecified atom stereocenters. The van der Waals surface area contributed by atoms with E-state index in [0.29, 0.717) is 23.9 Å². The summed E-state index contributed by atoms with van der Waals surface area (Å²) < 4.78 is 23.1. The summed E-state index contributed by atoms with van der Waals surface area (Å²) in [5, 5.41) is 13.7. The van der Waals surface area contributed by atoms with Crippen LogP contribution >= 0.6 is 7.82 Å². The van der Waals surface area contributed by atoms with Gasteiger partial charge in [0, 0.05) is 6.42 Å². The van der Waals surface area contributed by atoms with Crippen molar-refractivity contribution in [3.8, 4) is 0 Å². The molecule has 0 aliphatic heterocycles. The molecule has 0 spiro atoms. The van der Waals surface area contributed by atoms with E-state index in [1.54, 1.807) is 6.08 Å². The Labute approximate surface area is 403 Å². The van der Waals surface area contributed by atoms with Gasteiger partial charge in [-0.1, -0.05) is 178 Å². The van der Waals surface area contributed by atoms with Crippen LogP contribution in [0.2, 0.25) is 0 Å². The number of carbonyl (C=O) groups excluding carboxylic acids is 1. The maximum absolute atomic E-state index is 12.8. The Morgan fingerprint density at radius 3 is 1.39 bits per heavy atom. The third kappa shape index (κ3) is 48.1. The molecule has 9 heteroatoms. The highest BCUT2D eigenvalue weighted by Gasteiger charge is 2.23. The molecule has 0 rings (SSSR count). The van der Waals surface area contributed by atoms with Gasteiger partial charge in [0.15, 0.2) is 0 Å². The molecule has 0 saturated heterocycles. The Morgan fingerprint density at radius 2 is 0.955 bits per heavy atom. The Hall–Kier alpha value is -3.88. The number of rotatable bonds is 42. The molecule has 2 N–H and O–H groups in total. The van der Waals surface area contributed by atoms with Crippen molar-refractivity contribution in [3.05, 3.63) is 158 Å². The molecule has 0 aliphatic rings. The monoisotopic (exact) mass is 931 g/mol. The summed E-state index contributed by atoms with van der Waals surface area (Å²) in [5.74, 6) is -0.248. The van der Waals surface area contributed by atoms with Gasteiger partial charge in [-0.15, -0.1) is 0 Å². The molecule has 0 fully saturated rings. The van der Waals surface area contributed by atoms with E-state index in [2.05, 4.69) is 152 Å². The van der Waals surface area contributed by atoms with Crippen molar-refractivity contribution in [2.75, 3.05) is 40.9 Å². The third-order valence-corrected chi connectivity index (χ3v) is 10.8. The lowest BCUT2D eigenvalue weighted by atomic mass is 10.1. The SMILES string of the molecule is C/C=C/CC/C=C/CC/C=C/C(O)C(COP(=O)([O-])OCC[N+](C)(C)C)NC(=O)CCCCCC/C=C\C/C=C\C/C=C\C/C=C\C/C=C\C/C=C\C/C=C\C/C=C\C/C=C\C/C=C\CC. The number of amides is 1. The molecule has 0 aliphatic carbocycles. The maximum Gasteiger partial charge on any atom is 0.268 e. The zero-order valence-corrected chi connectivity index (χ0v) is 42.7. The molecule has 3 atom stereocenters. The number of nitrogens with one attached hydrogen (secondary N) is 1. The third-order valence-electron chi connectivity index (χ3n) is 9.79. The quantitative estimate of drug-likeness (QED) is 0.0273.